The summed E-state index contributed by atoms with van der Waals surface area (Å²) < 4.78 is 7.90. The lowest BCUT2D eigenvalue weighted by atomic mass is 10.2. The first-order valence-corrected chi connectivity index (χ1v) is 11.0. The van der Waals surface area contributed by atoms with Crippen molar-refractivity contribution in [3.63, 3.8) is 0 Å². The van der Waals surface area contributed by atoms with Gasteiger partial charge in [-0.25, -0.2) is 0 Å². The molecule has 30 heavy (non-hydrogen) atoms. The van der Waals surface area contributed by atoms with Crippen molar-refractivity contribution in [2.24, 2.45) is 0 Å². The number of nitrogens with one attached hydrogen (secondary N) is 1. The number of pyridine rings is 1. The standard InChI is InChI=1S/C22H25N5O2S/c1-15-6-3-4-8-19(15)24-21(28)16(2)30-22-26-25-20(17-9-11-23-12-10-17)27(22)14-18-7-5-13-29-18/h3-4,6,8-12,16,18H,5,7,13-14H2,1-2H3,(H,24,28)/t16-,18+/m1/s1. The highest BCUT2D eigenvalue weighted by atomic mass is 32.2. The molecule has 3 heterocycles. The van der Waals surface area contributed by atoms with E-state index in [9.17, 15) is 4.79 Å². The predicted molar refractivity (Wildman–Crippen MR) is 117 cm³/mol. The van der Waals surface area contributed by atoms with Gasteiger partial charge in [0.15, 0.2) is 11.0 Å². The second-order valence-electron chi connectivity index (χ2n) is 7.35. The molecule has 3 aromatic rings. The molecule has 2 atom stereocenters. The molecule has 8 heteroatoms. The smallest absolute Gasteiger partial charge is 0.237 e. The summed E-state index contributed by atoms with van der Waals surface area (Å²) in [6, 6.07) is 11.6. The zero-order valence-corrected chi connectivity index (χ0v) is 17.9. The summed E-state index contributed by atoms with van der Waals surface area (Å²) in [6.07, 6.45) is 5.70. The minimum atomic E-state index is -0.331. The monoisotopic (exact) mass is 423 g/mol. The Hall–Kier alpha value is -2.71. The summed E-state index contributed by atoms with van der Waals surface area (Å²) in [5.74, 6) is 0.702. The van der Waals surface area contributed by atoms with Crippen molar-refractivity contribution in [1.29, 1.82) is 0 Å². The van der Waals surface area contributed by atoms with Gasteiger partial charge in [-0.15, -0.1) is 10.2 Å². The van der Waals surface area contributed by atoms with Crippen molar-refractivity contribution in [3.8, 4) is 11.4 Å². The number of anilines is 1. The molecule has 1 aliphatic heterocycles. The zero-order valence-electron chi connectivity index (χ0n) is 17.1. The van der Waals surface area contributed by atoms with Gasteiger partial charge in [0.1, 0.15) is 0 Å². The van der Waals surface area contributed by atoms with E-state index in [1.807, 2.05) is 50.2 Å². The second kappa shape index (κ2) is 9.40. The third-order valence-electron chi connectivity index (χ3n) is 5.12. The van der Waals surface area contributed by atoms with Gasteiger partial charge in [0.25, 0.3) is 0 Å². The molecule has 0 bridgehead atoms. The fraction of sp³-hybridized carbons (Fsp3) is 0.364. The molecule has 7 nitrogen and oxygen atoms in total. The number of rotatable bonds is 7. The average Bonchev–Trinajstić information content (AvgIpc) is 3.41. The number of para-hydroxylation sites is 1. The first kappa shape index (κ1) is 20.6. The van der Waals surface area contributed by atoms with Gasteiger partial charge in [-0.3, -0.25) is 14.3 Å². The number of ether oxygens (including phenoxy) is 1. The van der Waals surface area contributed by atoms with Gasteiger partial charge in [-0.05, 0) is 50.5 Å². The molecule has 0 spiro atoms. The highest BCUT2D eigenvalue weighted by Crippen LogP contribution is 2.29. The number of hydrogen-bond acceptors (Lipinski definition) is 6. The Bertz CT molecular complexity index is 1000. The van der Waals surface area contributed by atoms with Crippen molar-refractivity contribution in [2.75, 3.05) is 11.9 Å². The third kappa shape index (κ3) is 4.71. The van der Waals surface area contributed by atoms with E-state index in [-0.39, 0.29) is 17.3 Å². The fourth-order valence-corrected chi connectivity index (χ4v) is 4.26. The molecule has 156 valence electrons. The molecule has 0 saturated carbocycles. The lowest BCUT2D eigenvalue weighted by Crippen LogP contribution is -2.24. The SMILES string of the molecule is Cc1ccccc1NC(=O)[C@@H](C)Sc1nnc(-c2ccncc2)n1C[C@@H]1CCCO1. The summed E-state index contributed by atoms with van der Waals surface area (Å²) >= 11 is 1.41. The van der Waals surface area contributed by atoms with E-state index in [4.69, 9.17) is 4.74 Å². The van der Waals surface area contributed by atoms with Crippen LogP contribution < -0.4 is 5.32 Å². The maximum atomic E-state index is 12.8. The topological polar surface area (TPSA) is 81.9 Å². The minimum Gasteiger partial charge on any atom is -0.376 e. The van der Waals surface area contributed by atoms with E-state index >= 15 is 0 Å². The van der Waals surface area contributed by atoms with Crippen molar-refractivity contribution in [1.82, 2.24) is 19.7 Å². The van der Waals surface area contributed by atoms with Gasteiger partial charge >= 0.3 is 0 Å². The Morgan fingerprint density at radius 3 is 2.80 bits per heavy atom. The van der Waals surface area contributed by atoms with E-state index < -0.39 is 0 Å². The number of thioether (sulfide) groups is 1. The van der Waals surface area contributed by atoms with Crippen LogP contribution in [0.4, 0.5) is 5.69 Å². The maximum absolute atomic E-state index is 12.8. The fourth-order valence-electron chi connectivity index (χ4n) is 3.41. The largest absolute Gasteiger partial charge is 0.376 e. The Morgan fingerprint density at radius 2 is 2.07 bits per heavy atom. The van der Waals surface area contributed by atoms with E-state index in [1.54, 1.807) is 12.4 Å². The van der Waals surface area contributed by atoms with Crippen molar-refractivity contribution in [3.05, 3.63) is 54.4 Å². The van der Waals surface area contributed by atoms with Crippen molar-refractivity contribution in [2.45, 2.75) is 49.7 Å². The summed E-state index contributed by atoms with van der Waals surface area (Å²) in [4.78, 5) is 16.9. The second-order valence-corrected chi connectivity index (χ2v) is 8.66. The molecule has 1 N–H and O–H groups in total. The Labute approximate surface area is 180 Å². The summed E-state index contributed by atoms with van der Waals surface area (Å²) in [6.45, 7) is 5.32. The van der Waals surface area contributed by atoms with Gasteiger partial charge in [0.2, 0.25) is 5.91 Å². The molecular weight excluding hydrogens is 398 g/mol. The third-order valence-corrected chi connectivity index (χ3v) is 6.20. The molecule has 1 fully saturated rings. The quantitative estimate of drug-likeness (QED) is 0.580. The lowest BCUT2D eigenvalue weighted by Gasteiger charge is -2.17. The van der Waals surface area contributed by atoms with Crippen LogP contribution in [-0.2, 0) is 16.1 Å². The van der Waals surface area contributed by atoms with E-state index in [1.165, 1.54) is 11.8 Å². The number of nitrogens with zero attached hydrogens (tertiary/aromatic N) is 4. The van der Waals surface area contributed by atoms with Gasteiger partial charge in [0.05, 0.1) is 17.9 Å². The Morgan fingerprint density at radius 1 is 1.27 bits per heavy atom. The summed E-state index contributed by atoms with van der Waals surface area (Å²) in [5.41, 5.74) is 2.80. The van der Waals surface area contributed by atoms with Gasteiger partial charge in [-0.1, -0.05) is 30.0 Å². The first-order chi connectivity index (χ1) is 14.6. The predicted octanol–water partition coefficient (Wildman–Crippen LogP) is 3.95. The number of aryl methyl sites for hydroxylation is 1. The molecule has 4 rings (SSSR count). The Kier molecular flexibility index (Phi) is 6.44. The molecule has 1 aliphatic rings. The molecule has 2 aromatic heterocycles. The van der Waals surface area contributed by atoms with Gasteiger partial charge < -0.3 is 10.1 Å². The van der Waals surface area contributed by atoms with Crippen LogP contribution in [-0.4, -0.2) is 43.6 Å². The average molecular weight is 424 g/mol. The molecule has 1 aromatic carbocycles. The van der Waals surface area contributed by atoms with Crippen LogP contribution in [0.2, 0.25) is 0 Å². The zero-order chi connectivity index (χ0) is 20.9. The van der Waals surface area contributed by atoms with Crippen molar-refractivity contribution < 1.29 is 9.53 Å². The normalized spacial score (nSPS) is 17.1. The molecule has 1 amide bonds. The van der Waals surface area contributed by atoms with Crippen LogP contribution in [0.1, 0.15) is 25.3 Å². The molecule has 0 unspecified atom stereocenters. The van der Waals surface area contributed by atoms with E-state index in [0.717, 1.165) is 42.1 Å². The van der Waals surface area contributed by atoms with Crippen LogP contribution in [0.5, 0.6) is 0 Å². The number of benzene rings is 1. The molecule has 0 aliphatic carbocycles. The van der Waals surface area contributed by atoms with Gasteiger partial charge in [-0.2, -0.15) is 0 Å². The number of hydrogen-bond donors (Lipinski definition) is 1. The first-order valence-electron chi connectivity index (χ1n) is 10.1. The van der Waals surface area contributed by atoms with Crippen LogP contribution in [0, 0.1) is 6.92 Å². The van der Waals surface area contributed by atoms with Crippen LogP contribution in [0.15, 0.2) is 53.9 Å². The van der Waals surface area contributed by atoms with Crippen LogP contribution in [0.3, 0.4) is 0 Å². The summed E-state index contributed by atoms with van der Waals surface area (Å²) in [7, 11) is 0. The number of carbonyl (C=O) groups is 1. The number of amides is 1. The number of aromatic nitrogens is 4. The Balaban J connectivity index is 1.54. The highest BCUT2D eigenvalue weighted by molar-refractivity contribution is 8.00. The minimum absolute atomic E-state index is 0.0635. The lowest BCUT2D eigenvalue weighted by molar-refractivity contribution is -0.115. The highest BCUT2D eigenvalue weighted by Gasteiger charge is 2.24. The molecule has 1 saturated heterocycles. The van der Waals surface area contributed by atoms with Crippen LogP contribution in [0.25, 0.3) is 11.4 Å². The maximum Gasteiger partial charge on any atom is 0.237 e. The summed E-state index contributed by atoms with van der Waals surface area (Å²) in [5, 5.41) is 12.2. The van der Waals surface area contributed by atoms with Crippen LogP contribution >= 0.6 is 11.8 Å². The number of carbonyl (C=O) groups excluding carboxylic acids is 1. The molecular formula is C22H25N5O2S. The van der Waals surface area contributed by atoms with E-state index in [0.29, 0.717) is 11.7 Å². The van der Waals surface area contributed by atoms with Crippen molar-refractivity contribution >= 4 is 23.4 Å². The van der Waals surface area contributed by atoms with E-state index in [2.05, 4.69) is 25.1 Å². The molecule has 0 radical (unpaired) electrons. The van der Waals surface area contributed by atoms with Gasteiger partial charge in [0, 0.05) is 30.3 Å².